The molecule has 0 bridgehead atoms. The van der Waals surface area contributed by atoms with Crippen LogP contribution in [0.4, 0.5) is 18.9 Å². The molecule has 10 heteroatoms. The zero-order chi connectivity index (χ0) is 27.7. The molecule has 2 N–H and O–H groups in total. The molecule has 1 aromatic heterocycles. The fourth-order valence-corrected chi connectivity index (χ4v) is 5.34. The Kier molecular flexibility index (Phi) is 7.85. The first-order chi connectivity index (χ1) is 17.9. The Morgan fingerprint density at radius 1 is 1.26 bits per heavy atom. The van der Waals surface area contributed by atoms with E-state index in [1.807, 2.05) is 30.1 Å². The Morgan fingerprint density at radius 2 is 2.00 bits per heavy atom. The number of anilines is 1. The fourth-order valence-electron chi connectivity index (χ4n) is 5.34. The number of amides is 1. The van der Waals surface area contributed by atoms with Crippen molar-refractivity contribution in [3.63, 3.8) is 0 Å². The van der Waals surface area contributed by atoms with Crippen molar-refractivity contribution in [2.45, 2.75) is 64.7 Å². The van der Waals surface area contributed by atoms with Crippen molar-refractivity contribution in [1.29, 1.82) is 0 Å². The summed E-state index contributed by atoms with van der Waals surface area (Å²) in [5.74, 6) is 1.16. The quantitative estimate of drug-likeness (QED) is 0.457. The number of nitrogens with zero attached hydrogens (tertiary/aromatic N) is 3. The molecule has 38 heavy (non-hydrogen) atoms. The number of nitrogens with one attached hydrogen (secondary N) is 2. The third-order valence-electron chi connectivity index (χ3n) is 7.44. The van der Waals surface area contributed by atoms with E-state index in [9.17, 15) is 22.8 Å². The molecule has 2 aromatic rings. The van der Waals surface area contributed by atoms with Gasteiger partial charge >= 0.3 is 12.0 Å². The van der Waals surface area contributed by atoms with Gasteiger partial charge in [0.1, 0.15) is 12.1 Å². The van der Waals surface area contributed by atoms with E-state index in [0.717, 1.165) is 30.7 Å². The summed E-state index contributed by atoms with van der Waals surface area (Å²) in [6.07, 6.45) is 1.14. The summed E-state index contributed by atoms with van der Waals surface area (Å²) in [5, 5.41) is 5.94. The summed E-state index contributed by atoms with van der Waals surface area (Å²) in [5.41, 5.74) is 0.356. The lowest BCUT2D eigenvalue weighted by Gasteiger charge is -2.46. The van der Waals surface area contributed by atoms with Crippen LogP contribution in [0.15, 0.2) is 41.3 Å². The average molecular weight is 531 g/mol. The normalized spacial score (nSPS) is 21.4. The molecule has 4 rings (SSSR count). The highest BCUT2D eigenvalue weighted by Crippen LogP contribution is 2.49. The molecule has 1 aliphatic carbocycles. The van der Waals surface area contributed by atoms with Crippen LogP contribution in [0.1, 0.15) is 61.5 Å². The van der Waals surface area contributed by atoms with Gasteiger partial charge in [-0.3, -0.25) is 9.59 Å². The maximum Gasteiger partial charge on any atom is 0.406 e. The number of aromatic nitrogens is 1. The number of carbonyl (C=O) groups excluding carboxylic acids is 1. The predicted octanol–water partition coefficient (Wildman–Crippen LogP) is 3.91. The minimum atomic E-state index is -4.60. The van der Waals surface area contributed by atoms with Crippen LogP contribution in [0.2, 0.25) is 0 Å². The van der Waals surface area contributed by atoms with Crippen LogP contribution in [-0.4, -0.2) is 47.3 Å². The Morgan fingerprint density at radius 3 is 2.58 bits per heavy atom. The SMILES string of the molecule is CCC(C)CNCc1cc(C(=O)Nc2cccc([C@]3(C4=[N+]=CN4C)C[C@@H](C)C3)c2)c(=O)n(CC(F)(F)F)c1. The number of likely N-dealkylation sites (N-methyl/N-ethyl adjacent to an activating group) is 1. The Balaban J connectivity index is 1.60. The molecule has 2 heterocycles. The van der Waals surface area contributed by atoms with Crippen LogP contribution >= 0.6 is 0 Å². The molecular formula is C28H35F3N5O2+. The number of pyridine rings is 1. The smallest absolute Gasteiger partial charge is 0.322 e. The maximum absolute atomic E-state index is 13.2. The van der Waals surface area contributed by atoms with Crippen LogP contribution in [0.5, 0.6) is 0 Å². The molecule has 1 saturated carbocycles. The number of hydrogen-bond acceptors (Lipinski definition) is 4. The van der Waals surface area contributed by atoms with E-state index < -0.39 is 24.2 Å². The van der Waals surface area contributed by atoms with Crippen molar-refractivity contribution in [1.82, 2.24) is 19.5 Å². The van der Waals surface area contributed by atoms with Crippen molar-refractivity contribution >= 4 is 23.8 Å². The molecule has 1 aliphatic heterocycles. The molecule has 204 valence electrons. The van der Waals surface area contributed by atoms with Crippen molar-refractivity contribution in [3.05, 3.63) is 63.6 Å². The lowest BCUT2D eigenvalue weighted by atomic mass is 9.58. The van der Waals surface area contributed by atoms with E-state index in [0.29, 0.717) is 34.2 Å². The molecule has 0 saturated heterocycles. The third-order valence-corrected chi connectivity index (χ3v) is 7.44. The summed E-state index contributed by atoms with van der Waals surface area (Å²) in [4.78, 5) is 28.1. The highest BCUT2D eigenvalue weighted by Gasteiger charge is 2.54. The molecule has 1 fully saturated rings. The second kappa shape index (κ2) is 10.8. The number of benzene rings is 1. The maximum atomic E-state index is 13.2. The average Bonchev–Trinajstić information content (AvgIpc) is 2.82. The van der Waals surface area contributed by atoms with E-state index in [-0.39, 0.29) is 17.5 Å². The van der Waals surface area contributed by atoms with Gasteiger partial charge in [-0.1, -0.05) is 39.3 Å². The van der Waals surface area contributed by atoms with E-state index in [2.05, 4.69) is 36.1 Å². The minimum absolute atomic E-state index is 0.242. The van der Waals surface area contributed by atoms with Crippen LogP contribution in [0.25, 0.3) is 0 Å². The van der Waals surface area contributed by atoms with Gasteiger partial charge in [0, 0.05) is 18.4 Å². The van der Waals surface area contributed by atoms with Gasteiger partial charge in [0.05, 0.1) is 12.5 Å². The number of hydrogen-bond donors (Lipinski definition) is 2. The molecular weight excluding hydrogens is 495 g/mol. The molecule has 1 unspecified atom stereocenters. The van der Waals surface area contributed by atoms with Gasteiger partial charge in [-0.2, -0.15) is 13.2 Å². The fraction of sp³-hybridized carbons (Fsp3) is 0.500. The van der Waals surface area contributed by atoms with Crippen molar-refractivity contribution in [2.24, 2.45) is 11.8 Å². The summed E-state index contributed by atoms with van der Waals surface area (Å²) in [6, 6.07) is 8.78. The summed E-state index contributed by atoms with van der Waals surface area (Å²) in [7, 11) is 1.95. The largest absolute Gasteiger partial charge is 0.406 e. The van der Waals surface area contributed by atoms with E-state index in [4.69, 9.17) is 0 Å². The van der Waals surface area contributed by atoms with Gasteiger partial charge in [0.15, 0.2) is 0 Å². The van der Waals surface area contributed by atoms with Gasteiger partial charge in [0.2, 0.25) is 0 Å². The van der Waals surface area contributed by atoms with Gasteiger partial charge in [0.25, 0.3) is 17.8 Å². The summed E-state index contributed by atoms with van der Waals surface area (Å²) < 4.78 is 44.6. The van der Waals surface area contributed by atoms with Gasteiger partial charge in [-0.15, -0.1) is 0 Å². The van der Waals surface area contributed by atoms with Gasteiger partial charge < -0.3 is 15.2 Å². The highest BCUT2D eigenvalue weighted by molar-refractivity contribution is 6.07. The zero-order valence-electron chi connectivity index (χ0n) is 22.2. The lowest BCUT2D eigenvalue weighted by Crippen LogP contribution is -2.57. The lowest BCUT2D eigenvalue weighted by molar-refractivity contribution is -0.141. The Hall–Kier alpha value is -3.36. The molecule has 0 spiro atoms. The van der Waals surface area contributed by atoms with Crippen LogP contribution in [0, 0.1) is 11.8 Å². The Labute approximate surface area is 220 Å². The standard InChI is InChI=1S/C28H34F3N5O2/c1-5-18(2)13-32-14-20-9-23(25(38)36(15-20)16-28(29,30)31)24(37)34-22-8-6-7-21(10-22)27(11-19(3)12-27)26-33-17-35(26)4/h6-10,15,17-19,32H,5,11-14,16H2,1-4H3/p+1/t18?,19-,27+. The number of alkyl halides is 3. The van der Waals surface area contributed by atoms with Crippen LogP contribution in [0.3, 0.4) is 0 Å². The first kappa shape index (κ1) is 27.7. The molecule has 1 aromatic carbocycles. The molecule has 2 aliphatic rings. The van der Waals surface area contributed by atoms with Gasteiger partial charge in [-0.25, -0.2) is 9.57 Å². The van der Waals surface area contributed by atoms with E-state index in [1.54, 1.807) is 12.4 Å². The molecule has 1 amide bonds. The predicted molar refractivity (Wildman–Crippen MR) is 143 cm³/mol. The topological polar surface area (TPSA) is 80.5 Å². The second-order valence-electron chi connectivity index (χ2n) is 10.8. The van der Waals surface area contributed by atoms with Crippen molar-refractivity contribution in [2.75, 3.05) is 18.9 Å². The van der Waals surface area contributed by atoms with Crippen LogP contribution < -0.4 is 20.9 Å². The first-order valence-electron chi connectivity index (χ1n) is 13.0. The van der Waals surface area contributed by atoms with Crippen molar-refractivity contribution < 1.29 is 18.0 Å². The number of halogens is 3. The minimum Gasteiger partial charge on any atom is -0.322 e. The summed E-state index contributed by atoms with van der Waals surface area (Å²) >= 11 is 0. The highest BCUT2D eigenvalue weighted by atomic mass is 19.4. The Bertz CT molecular complexity index is 1320. The third kappa shape index (κ3) is 5.87. The summed E-state index contributed by atoms with van der Waals surface area (Å²) in [6.45, 7) is 5.75. The van der Waals surface area contributed by atoms with Crippen LogP contribution in [-0.2, 0) is 18.5 Å². The molecule has 1 atom stereocenters. The van der Waals surface area contributed by atoms with Crippen molar-refractivity contribution in [3.8, 4) is 0 Å². The first-order valence-corrected chi connectivity index (χ1v) is 13.0. The zero-order valence-corrected chi connectivity index (χ0v) is 22.2. The van der Waals surface area contributed by atoms with E-state index in [1.165, 1.54) is 12.3 Å². The number of amidine groups is 1. The van der Waals surface area contributed by atoms with Gasteiger partial charge in [-0.05, 0) is 60.5 Å². The molecule has 0 radical (unpaired) electrons. The number of carbonyl (C=O) groups is 1. The monoisotopic (exact) mass is 530 g/mol. The van der Waals surface area contributed by atoms with E-state index >= 15 is 0 Å². The second-order valence-corrected chi connectivity index (χ2v) is 10.8. The molecule has 7 nitrogen and oxygen atoms in total. The number of rotatable bonds is 10.